The molecule has 1 aliphatic carbocycles. The highest BCUT2D eigenvalue weighted by Gasteiger charge is 2.36. The first-order chi connectivity index (χ1) is 18.5. The van der Waals surface area contributed by atoms with Crippen LogP contribution in [0.5, 0.6) is 0 Å². The molecule has 1 saturated heterocycles. The van der Waals surface area contributed by atoms with Crippen LogP contribution in [0.1, 0.15) is 50.6 Å². The van der Waals surface area contributed by atoms with Gasteiger partial charge in [-0.3, -0.25) is 19.3 Å². The van der Waals surface area contributed by atoms with Crippen molar-refractivity contribution in [3.05, 3.63) is 59.5 Å². The molecular formula is C30H40N4O3S. The van der Waals surface area contributed by atoms with Gasteiger partial charge in [0, 0.05) is 37.6 Å². The number of likely N-dealkylation sites (tertiary alicyclic amines) is 1. The van der Waals surface area contributed by atoms with Crippen molar-refractivity contribution in [3.63, 3.8) is 0 Å². The third-order valence-corrected chi connectivity index (χ3v) is 8.37. The average Bonchev–Trinajstić information content (AvgIpc) is 2.91. The molecular weight excluding hydrogens is 496 g/mol. The van der Waals surface area contributed by atoms with Crippen LogP contribution in [-0.4, -0.2) is 72.5 Å². The van der Waals surface area contributed by atoms with E-state index in [1.807, 2.05) is 17.7 Å². The number of amides is 3. The molecule has 0 bridgehead atoms. The van der Waals surface area contributed by atoms with Gasteiger partial charge in [-0.05, 0) is 60.6 Å². The van der Waals surface area contributed by atoms with Gasteiger partial charge in [0.05, 0.1) is 13.1 Å². The highest BCUT2D eigenvalue weighted by molar-refractivity contribution is 8.01. The topological polar surface area (TPSA) is 81.8 Å². The summed E-state index contributed by atoms with van der Waals surface area (Å²) in [4.78, 5) is 42.4. The first kappa shape index (κ1) is 28.2. The summed E-state index contributed by atoms with van der Waals surface area (Å²) < 4.78 is 0. The lowest BCUT2D eigenvalue weighted by Crippen LogP contribution is -2.53. The SMILES string of the molecule is CS/C=C/CNC(=O)CNC(=O)CN(C(=O)C1CCC1)C1CCN(C(C)c2cccc3ccccc23)CC1. The Balaban J connectivity index is 1.34. The summed E-state index contributed by atoms with van der Waals surface area (Å²) >= 11 is 1.56. The molecule has 7 nitrogen and oxygen atoms in total. The predicted molar refractivity (Wildman–Crippen MR) is 155 cm³/mol. The molecule has 2 aromatic carbocycles. The van der Waals surface area contributed by atoms with Crippen LogP contribution in [0.2, 0.25) is 0 Å². The van der Waals surface area contributed by atoms with E-state index < -0.39 is 0 Å². The predicted octanol–water partition coefficient (Wildman–Crippen LogP) is 4.10. The fraction of sp³-hybridized carbons (Fsp3) is 0.500. The number of benzene rings is 2. The zero-order chi connectivity index (χ0) is 26.9. The fourth-order valence-corrected chi connectivity index (χ4v) is 5.73. The average molecular weight is 537 g/mol. The first-order valence-electron chi connectivity index (χ1n) is 13.7. The Morgan fingerprint density at radius 3 is 2.47 bits per heavy atom. The Bertz CT molecular complexity index is 1140. The molecule has 2 aliphatic rings. The maximum Gasteiger partial charge on any atom is 0.240 e. The van der Waals surface area contributed by atoms with Crippen LogP contribution in [0, 0.1) is 5.92 Å². The standard InChI is InChI=1S/C30H40N4O3S/c1-22(26-13-6-9-23-8-3-4-12-27(23)26)33-17-14-25(15-18-33)34(30(37)24-10-5-11-24)21-29(36)32-20-28(35)31-16-7-19-38-2/h3-4,6-9,12-13,19,22,24-25H,5,10-11,14-18,20-21H2,1-2H3,(H,31,35)(H,32,36)/b19-7+. The van der Waals surface area contributed by atoms with Gasteiger partial charge in [0.1, 0.15) is 0 Å². The second-order valence-electron chi connectivity index (χ2n) is 10.3. The van der Waals surface area contributed by atoms with E-state index >= 15 is 0 Å². The number of hydrogen-bond donors (Lipinski definition) is 2. The number of piperidine rings is 1. The molecule has 1 heterocycles. The number of carbonyl (C=O) groups excluding carboxylic acids is 3. The van der Waals surface area contributed by atoms with Crippen LogP contribution in [0.25, 0.3) is 10.8 Å². The summed E-state index contributed by atoms with van der Waals surface area (Å²) in [7, 11) is 0. The van der Waals surface area contributed by atoms with Crippen molar-refractivity contribution in [1.82, 2.24) is 20.4 Å². The van der Waals surface area contributed by atoms with Gasteiger partial charge < -0.3 is 15.5 Å². The number of nitrogens with one attached hydrogen (secondary N) is 2. The Labute approximate surface area is 230 Å². The molecule has 2 fully saturated rings. The van der Waals surface area contributed by atoms with E-state index in [0.29, 0.717) is 6.54 Å². The number of fused-ring (bicyclic) bond motifs is 1. The number of carbonyl (C=O) groups is 3. The first-order valence-corrected chi connectivity index (χ1v) is 15.0. The normalized spacial score (nSPS) is 17.7. The van der Waals surface area contributed by atoms with Gasteiger partial charge in [-0.15, -0.1) is 11.8 Å². The van der Waals surface area contributed by atoms with Crippen LogP contribution in [0.15, 0.2) is 53.9 Å². The van der Waals surface area contributed by atoms with Gasteiger partial charge in [-0.1, -0.05) is 55.0 Å². The van der Waals surface area contributed by atoms with Gasteiger partial charge in [0.2, 0.25) is 17.7 Å². The molecule has 38 heavy (non-hydrogen) atoms. The molecule has 204 valence electrons. The summed E-state index contributed by atoms with van der Waals surface area (Å²) in [5.41, 5.74) is 1.32. The summed E-state index contributed by atoms with van der Waals surface area (Å²) in [6.45, 7) is 4.36. The number of nitrogens with zero attached hydrogens (tertiary/aromatic N) is 2. The van der Waals surface area contributed by atoms with Gasteiger partial charge in [0.25, 0.3) is 0 Å². The summed E-state index contributed by atoms with van der Waals surface area (Å²) in [5.74, 6) is -0.392. The monoisotopic (exact) mass is 536 g/mol. The van der Waals surface area contributed by atoms with E-state index in [1.54, 1.807) is 16.7 Å². The lowest BCUT2D eigenvalue weighted by molar-refractivity contribution is -0.145. The molecule has 1 unspecified atom stereocenters. The highest BCUT2D eigenvalue weighted by atomic mass is 32.2. The zero-order valence-electron chi connectivity index (χ0n) is 22.5. The lowest BCUT2D eigenvalue weighted by atomic mass is 9.83. The van der Waals surface area contributed by atoms with Crippen LogP contribution in [0.4, 0.5) is 0 Å². The van der Waals surface area contributed by atoms with Gasteiger partial charge >= 0.3 is 0 Å². The third-order valence-electron chi connectivity index (χ3n) is 7.91. The summed E-state index contributed by atoms with van der Waals surface area (Å²) in [6.07, 6.45) is 8.36. The third kappa shape index (κ3) is 7.17. The summed E-state index contributed by atoms with van der Waals surface area (Å²) in [5, 5.41) is 9.89. The van der Waals surface area contributed by atoms with Crippen LogP contribution >= 0.6 is 11.8 Å². The maximum atomic E-state index is 13.3. The molecule has 2 aromatic rings. The van der Waals surface area contributed by atoms with E-state index in [0.717, 1.165) is 45.2 Å². The Hall–Kier alpha value is -2.84. The quantitative estimate of drug-likeness (QED) is 0.452. The number of hydrogen-bond acceptors (Lipinski definition) is 5. The maximum absolute atomic E-state index is 13.3. The van der Waals surface area contributed by atoms with E-state index in [4.69, 9.17) is 0 Å². The van der Waals surface area contributed by atoms with Crippen molar-refractivity contribution in [3.8, 4) is 0 Å². The Morgan fingerprint density at radius 2 is 1.76 bits per heavy atom. The molecule has 1 aliphatic heterocycles. The number of thioether (sulfide) groups is 1. The Kier molecular flexibility index (Phi) is 10.2. The van der Waals surface area contributed by atoms with E-state index in [-0.39, 0.29) is 48.8 Å². The van der Waals surface area contributed by atoms with E-state index in [1.165, 1.54) is 16.3 Å². The van der Waals surface area contributed by atoms with Gasteiger partial charge in [0.15, 0.2) is 0 Å². The molecule has 0 spiro atoms. The Morgan fingerprint density at radius 1 is 1.03 bits per heavy atom. The van der Waals surface area contributed by atoms with Crippen LogP contribution in [0.3, 0.4) is 0 Å². The molecule has 3 amide bonds. The molecule has 0 radical (unpaired) electrons. The molecule has 1 saturated carbocycles. The second kappa shape index (κ2) is 13.8. The lowest BCUT2D eigenvalue weighted by Gasteiger charge is -2.42. The minimum Gasteiger partial charge on any atom is -0.351 e. The van der Waals surface area contributed by atoms with Crippen molar-refractivity contribution in [2.24, 2.45) is 5.92 Å². The zero-order valence-corrected chi connectivity index (χ0v) is 23.3. The smallest absolute Gasteiger partial charge is 0.240 e. The largest absolute Gasteiger partial charge is 0.351 e. The minimum absolute atomic E-state index is 0.0124. The second-order valence-corrected chi connectivity index (χ2v) is 11.0. The molecule has 4 rings (SSSR count). The van der Waals surface area contributed by atoms with Gasteiger partial charge in [-0.2, -0.15) is 0 Å². The van der Waals surface area contributed by atoms with Crippen molar-refractivity contribution in [1.29, 1.82) is 0 Å². The highest BCUT2D eigenvalue weighted by Crippen LogP contribution is 2.33. The molecule has 8 heteroatoms. The number of rotatable bonds is 11. The summed E-state index contributed by atoms with van der Waals surface area (Å²) in [6, 6.07) is 15.3. The van der Waals surface area contributed by atoms with Crippen molar-refractivity contribution in [2.75, 3.05) is 39.0 Å². The molecule has 1 atom stereocenters. The van der Waals surface area contributed by atoms with Crippen molar-refractivity contribution in [2.45, 2.75) is 51.1 Å². The van der Waals surface area contributed by atoms with E-state index in [2.05, 4.69) is 64.9 Å². The molecule has 0 aromatic heterocycles. The fourth-order valence-electron chi connectivity index (χ4n) is 5.44. The van der Waals surface area contributed by atoms with Crippen LogP contribution < -0.4 is 10.6 Å². The van der Waals surface area contributed by atoms with Crippen molar-refractivity contribution >= 4 is 40.3 Å². The van der Waals surface area contributed by atoms with Crippen LogP contribution in [-0.2, 0) is 14.4 Å². The van der Waals surface area contributed by atoms with E-state index in [9.17, 15) is 14.4 Å². The molecule has 2 N–H and O–H groups in total. The van der Waals surface area contributed by atoms with Crippen molar-refractivity contribution < 1.29 is 14.4 Å². The van der Waals surface area contributed by atoms with Gasteiger partial charge in [-0.25, -0.2) is 0 Å². The minimum atomic E-state index is -0.279.